The summed E-state index contributed by atoms with van der Waals surface area (Å²) in [6.45, 7) is 6.60. The molecular weight excluding hydrogens is 210 g/mol. The summed E-state index contributed by atoms with van der Waals surface area (Å²) >= 11 is 5.79. The summed E-state index contributed by atoms with van der Waals surface area (Å²) < 4.78 is 0. The predicted molar refractivity (Wildman–Crippen MR) is 66.1 cm³/mol. The largest absolute Gasteiger partial charge is 0.398 e. The Labute approximate surface area is 91.3 Å². The topological polar surface area (TPSA) is 26.0 Å². The van der Waals surface area contributed by atoms with Gasteiger partial charge in [-0.1, -0.05) is 37.2 Å². The van der Waals surface area contributed by atoms with E-state index in [2.05, 4.69) is 31.1 Å². The minimum atomic E-state index is -1.33. The molecule has 0 radical (unpaired) electrons. The van der Waals surface area contributed by atoms with Crippen molar-refractivity contribution in [2.45, 2.75) is 19.6 Å². The highest BCUT2D eigenvalue weighted by molar-refractivity contribution is 6.83. The molecule has 1 aromatic carbocycles. The first-order chi connectivity index (χ1) is 6.38. The fraction of sp³-hybridized carbons (Fsp3) is 0.273. The summed E-state index contributed by atoms with van der Waals surface area (Å²) in [5.74, 6) is 3.11. The molecule has 0 saturated heterocycles. The molecule has 0 aliphatic carbocycles. The molecule has 0 unspecified atom stereocenters. The van der Waals surface area contributed by atoms with E-state index in [4.69, 9.17) is 17.3 Å². The van der Waals surface area contributed by atoms with E-state index in [-0.39, 0.29) is 0 Å². The van der Waals surface area contributed by atoms with Crippen molar-refractivity contribution in [3.05, 3.63) is 28.8 Å². The predicted octanol–water partition coefficient (Wildman–Crippen LogP) is 3.15. The van der Waals surface area contributed by atoms with Gasteiger partial charge in [0.05, 0.1) is 0 Å². The average molecular weight is 224 g/mol. The quantitative estimate of drug-likeness (QED) is 0.408. The lowest BCUT2D eigenvalue weighted by Crippen LogP contribution is -2.16. The molecule has 0 atom stereocenters. The van der Waals surface area contributed by atoms with Gasteiger partial charge in [-0.3, -0.25) is 0 Å². The maximum atomic E-state index is 5.79. The van der Waals surface area contributed by atoms with Crippen LogP contribution in [-0.2, 0) is 0 Å². The molecule has 0 aliphatic heterocycles. The third-order valence-corrected chi connectivity index (χ3v) is 2.70. The normalized spacial score (nSPS) is 10.6. The number of halogens is 1. The van der Waals surface area contributed by atoms with Crippen LogP contribution in [0.15, 0.2) is 18.2 Å². The van der Waals surface area contributed by atoms with Crippen LogP contribution in [0.4, 0.5) is 5.69 Å². The number of nitrogen functional groups attached to an aromatic ring is 1. The Morgan fingerprint density at radius 1 is 1.29 bits per heavy atom. The Bertz CT molecular complexity index is 396. The van der Waals surface area contributed by atoms with Crippen LogP contribution >= 0.6 is 11.6 Å². The van der Waals surface area contributed by atoms with Crippen molar-refractivity contribution in [3.8, 4) is 11.5 Å². The molecule has 1 aromatic rings. The lowest BCUT2D eigenvalue weighted by atomic mass is 10.2. The smallest absolute Gasteiger partial charge is 0.129 e. The van der Waals surface area contributed by atoms with Crippen LogP contribution in [-0.4, -0.2) is 8.07 Å². The number of nitrogens with two attached hydrogens (primary N) is 1. The maximum Gasteiger partial charge on any atom is 0.129 e. The Morgan fingerprint density at radius 3 is 2.43 bits per heavy atom. The Kier molecular flexibility index (Phi) is 3.25. The molecule has 2 N–H and O–H groups in total. The van der Waals surface area contributed by atoms with E-state index in [1.165, 1.54) is 0 Å². The Morgan fingerprint density at radius 2 is 1.93 bits per heavy atom. The van der Waals surface area contributed by atoms with Gasteiger partial charge in [0.25, 0.3) is 0 Å². The Balaban J connectivity index is 3.02. The third-order valence-electron chi connectivity index (χ3n) is 1.59. The molecule has 0 amide bonds. The lowest BCUT2D eigenvalue weighted by Gasteiger charge is -2.04. The van der Waals surface area contributed by atoms with E-state index in [9.17, 15) is 0 Å². The van der Waals surface area contributed by atoms with Gasteiger partial charge in [0.2, 0.25) is 0 Å². The molecule has 0 fully saturated rings. The molecule has 0 bridgehead atoms. The minimum absolute atomic E-state index is 0.654. The van der Waals surface area contributed by atoms with Crippen LogP contribution in [0.1, 0.15) is 5.56 Å². The maximum absolute atomic E-state index is 5.79. The first-order valence-corrected chi connectivity index (χ1v) is 8.34. The molecule has 0 aliphatic rings. The van der Waals surface area contributed by atoms with E-state index < -0.39 is 8.07 Å². The third kappa shape index (κ3) is 3.45. The van der Waals surface area contributed by atoms with Gasteiger partial charge in [-0.25, -0.2) is 0 Å². The molecule has 1 nitrogen and oxygen atoms in total. The SMILES string of the molecule is C[Si](C)(C)C#Cc1ccc(Cl)cc1N. The number of hydrogen-bond acceptors (Lipinski definition) is 1. The van der Waals surface area contributed by atoms with Crippen molar-refractivity contribution in [3.63, 3.8) is 0 Å². The van der Waals surface area contributed by atoms with Crippen molar-refractivity contribution in [2.75, 3.05) is 5.73 Å². The second kappa shape index (κ2) is 4.08. The zero-order valence-corrected chi connectivity index (χ0v) is 10.4. The zero-order valence-electron chi connectivity index (χ0n) is 8.69. The molecule has 0 aromatic heterocycles. The van der Waals surface area contributed by atoms with E-state index in [1.54, 1.807) is 6.07 Å². The number of benzene rings is 1. The van der Waals surface area contributed by atoms with Gasteiger partial charge in [-0.05, 0) is 18.2 Å². The van der Waals surface area contributed by atoms with Crippen molar-refractivity contribution in [1.82, 2.24) is 0 Å². The summed E-state index contributed by atoms with van der Waals surface area (Å²) in [6, 6.07) is 5.41. The van der Waals surface area contributed by atoms with Crippen LogP contribution < -0.4 is 5.73 Å². The number of anilines is 1. The second-order valence-corrected chi connectivity index (χ2v) is 9.42. The van der Waals surface area contributed by atoms with Crippen LogP contribution in [0.3, 0.4) is 0 Å². The fourth-order valence-corrected chi connectivity index (χ4v) is 1.59. The standard InChI is InChI=1S/C11H14ClNSi/c1-14(2,3)7-6-9-4-5-10(12)8-11(9)13/h4-5,8H,13H2,1-3H3. The van der Waals surface area contributed by atoms with E-state index in [0.717, 1.165) is 5.56 Å². The highest BCUT2D eigenvalue weighted by Gasteiger charge is 2.07. The van der Waals surface area contributed by atoms with Crippen molar-refractivity contribution in [1.29, 1.82) is 0 Å². The lowest BCUT2D eigenvalue weighted by molar-refractivity contribution is 1.63. The summed E-state index contributed by atoms with van der Waals surface area (Å²) in [5.41, 5.74) is 10.6. The average Bonchev–Trinajstić information content (AvgIpc) is 2.00. The van der Waals surface area contributed by atoms with E-state index >= 15 is 0 Å². The summed E-state index contributed by atoms with van der Waals surface area (Å²) in [4.78, 5) is 0. The number of hydrogen-bond donors (Lipinski definition) is 1. The first-order valence-electron chi connectivity index (χ1n) is 4.47. The highest BCUT2D eigenvalue weighted by Crippen LogP contribution is 2.17. The highest BCUT2D eigenvalue weighted by atomic mass is 35.5. The summed E-state index contributed by atoms with van der Waals surface area (Å²) in [5, 5.41) is 0.654. The molecular formula is C11H14ClNSi. The summed E-state index contributed by atoms with van der Waals surface area (Å²) in [6.07, 6.45) is 0. The summed E-state index contributed by atoms with van der Waals surface area (Å²) in [7, 11) is -1.33. The fourth-order valence-electron chi connectivity index (χ4n) is 0.902. The molecule has 0 spiro atoms. The van der Waals surface area contributed by atoms with Crippen LogP contribution in [0.5, 0.6) is 0 Å². The zero-order chi connectivity index (χ0) is 10.8. The molecule has 3 heteroatoms. The monoisotopic (exact) mass is 223 g/mol. The van der Waals surface area contributed by atoms with Crippen LogP contribution in [0, 0.1) is 11.5 Å². The molecule has 74 valence electrons. The molecule has 14 heavy (non-hydrogen) atoms. The first kappa shape index (κ1) is 11.2. The van der Waals surface area contributed by atoms with Crippen molar-refractivity contribution in [2.24, 2.45) is 0 Å². The van der Waals surface area contributed by atoms with Gasteiger partial charge in [0.1, 0.15) is 8.07 Å². The molecule has 0 heterocycles. The van der Waals surface area contributed by atoms with Gasteiger partial charge in [-0.2, -0.15) is 0 Å². The van der Waals surface area contributed by atoms with Gasteiger partial charge >= 0.3 is 0 Å². The van der Waals surface area contributed by atoms with Gasteiger partial charge in [0.15, 0.2) is 0 Å². The van der Waals surface area contributed by atoms with Gasteiger partial charge in [-0.15, -0.1) is 5.54 Å². The van der Waals surface area contributed by atoms with E-state index in [0.29, 0.717) is 10.7 Å². The second-order valence-electron chi connectivity index (χ2n) is 4.23. The molecule has 0 saturated carbocycles. The van der Waals surface area contributed by atoms with Crippen molar-refractivity contribution < 1.29 is 0 Å². The molecule has 1 rings (SSSR count). The van der Waals surface area contributed by atoms with Crippen LogP contribution in [0.25, 0.3) is 0 Å². The van der Waals surface area contributed by atoms with Crippen molar-refractivity contribution >= 4 is 25.4 Å². The van der Waals surface area contributed by atoms with Crippen LogP contribution in [0.2, 0.25) is 24.7 Å². The number of rotatable bonds is 0. The Hall–Kier alpha value is -0.913. The van der Waals surface area contributed by atoms with Gasteiger partial charge < -0.3 is 5.73 Å². The van der Waals surface area contributed by atoms with E-state index in [1.807, 2.05) is 12.1 Å². The minimum Gasteiger partial charge on any atom is -0.398 e. The van der Waals surface area contributed by atoms with Gasteiger partial charge in [0, 0.05) is 16.3 Å².